The molecular formula is C11H11BrO4. The summed E-state index contributed by atoms with van der Waals surface area (Å²) in [5, 5.41) is 0.179. The van der Waals surface area contributed by atoms with Crippen molar-refractivity contribution in [3.05, 3.63) is 29.8 Å². The van der Waals surface area contributed by atoms with Crippen molar-refractivity contribution in [2.45, 2.75) is 13.5 Å². The first-order chi connectivity index (χ1) is 7.61. The Bertz CT molecular complexity index is 372. The normalized spacial score (nSPS) is 9.62. The molecule has 0 aromatic heterocycles. The average Bonchev–Trinajstić information content (AvgIpc) is 2.27. The van der Waals surface area contributed by atoms with E-state index in [2.05, 4.69) is 15.9 Å². The van der Waals surface area contributed by atoms with E-state index >= 15 is 0 Å². The fourth-order valence-corrected chi connectivity index (χ4v) is 1.18. The number of hydrogen-bond donors (Lipinski definition) is 0. The number of hydrogen-bond acceptors (Lipinski definition) is 4. The summed E-state index contributed by atoms with van der Waals surface area (Å²) in [4.78, 5) is 21.5. The zero-order valence-electron chi connectivity index (χ0n) is 8.73. The monoisotopic (exact) mass is 286 g/mol. The second-order valence-electron chi connectivity index (χ2n) is 3.03. The van der Waals surface area contributed by atoms with Gasteiger partial charge in [-0.15, -0.1) is 0 Å². The molecule has 86 valence electrons. The highest BCUT2D eigenvalue weighted by Gasteiger charge is 2.01. The van der Waals surface area contributed by atoms with Gasteiger partial charge in [-0.1, -0.05) is 28.1 Å². The lowest BCUT2D eigenvalue weighted by Gasteiger charge is -2.04. The van der Waals surface area contributed by atoms with Gasteiger partial charge in [0.05, 0.1) is 0 Å². The second kappa shape index (κ2) is 6.27. The van der Waals surface area contributed by atoms with Crippen molar-refractivity contribution in [3.63, 3.8) is 0 Å². The Balaban J connectivity index is 2.51. The Morgan fingerprint density at radius 1 is 1.25 bits per heavy atom. The van der Waals surface area contributed by atoms with Gasteiger partial charge in [0.2, 0.25) is 0 Å². The molecule has 0 heterocycles. The first kappa shape index (κ1) is 12.7. The summed E-state index contributed by atoms with van der Waals surface area (Å²) >= 11 is 3.00. The Morgan fingerprint density at radius 2 is 1.88 bits per heavy atom. The molecule has 0 atom stereocenters. The molecule has 1 rings (SSSR count). The number of alkyl halides is 1. The van der Waals surface area contributed by atoms with Crippen LogP contribution in [0.3, 0.4) is 0 Å². The summed E-state index contributed by atoms with van der Waals surface area (Å²) < 4.78 is 9.77. The van der Waals surface area contributed by atoms with E-state index in [-0.39, 0.29) is 23.9 Å². The van der Waals surface area contributed by atoms with Gasteiger partial charge >= 0.3 is 11.9 Å². The standard InChI is InChI=1S/C11H11BrO4/c1-8(13)16-10-4-2-9(3-5-10)7-15-11(14)6-12/h2-5H,6-7H2,1H3. The van der Waals surface area contributed by atoms with Crippen molar-refractivity contribution in [1.82, 2.24) is 0 Å². The van der Waals surface area contributed by atoms with Crippen molar-refractivity contribution in [2.75, 3.05) is 5.33 Å². The lowest BCUT2D eigenvalue weighted by Crippen LogP contribution is -2.05. The van der Waals surface area contributed by atoms with Crippen LogP contribution in [0, 0.1) is 0 Å². The lowest BCUT2D eigenvalue weighted by atomic mass is 10.2. The Kier molecular flexibility index (Phi) is 4.98. The van der Waals surface area contributed by atoms with Gasteiger partial charge in [0, 0.05) is 6.92 Å². The molecule has 0 saturated heterocycles. The van der Waals surface area contributed by atoms with Crippen LogP contribution in [-0.4, -0.2) is 17.3 Å². The number of carbonyl (C=O) groups excluding carboxylic acids is 2. The van der Waals surface area contributed by atoms with Gasteiger partial charge in [-0.2, -0.15) is 0 Å². The summed E-state index contributed by atoms with van der Waals surface area (Å²) in [5.41, 5.74) is 0.838. The smallest absolute Gasteiger partial charge is 0.316 e. The Labute approximate surface area is 102 Å². The van der Waals surface area contributed by atoms with Crippen molar-refractivity contribution < 1.29 is 19.1 Å². The van der Waals surface area contributed by atoms with E-state index in [9.17, 15) is 9.59 Å². The van der Waals surface area contributed by atoms with Gasteiger partial charge in [0.25, 0.3) is 0 Å². The first-order valence-electron chi connectivity index (χ1n) is 4.61. The molecule has 0 bridgehead atoms. The molecular weight excluding hydrogens is 276 g/mol. The van der Waals surface area contributed by atoms with Crippen molar-refractivity contribution >= 4 is 27.9 Å². The molecule has 1 aromatic carbocycles. The molecule has 5 heteroatoms. The molecule has 0 aliphatic rings. The van der Waals surface area contributed by atoms with Gasteiger partial charge < -0.3 is 9.47 Å². The third kappa shape index (κ3) is 4.44. The number of carbonyl (C=O) groups is 2. The van der Waals surface area contributed by atoms with Crippen molar-refractivity contribution in [3.8, 4) is 5.75 Å². The van der Waals surface area contributed by atoms with Crippen molar-refractivity contribution in [1.29, 1.82) is 0 Å². The van der Waals surface area contributed by atoms with E-state index in [0.717, 1.165) is 5.56 Å². The van der Waals surface area contributed by atoms with Crippen LogP contribution in [0.15, 0.2) is 24.3 Å². The van der Waals surface area contributed by atoms with Gasteiger partial charge in [-0.05, 0) is 17.7 Å². The Hall–Kier alpha value is -1.36. The summed E-state index contributed by atoms with van der Waals surface area (Å²) in [6.07, 6.45) is 0. The van der Waals surface area contributed by atoms with Crippen LogP contribution in [0.4, 0.5) is 0 Å². The number of halogens is 1. The van der Waals surface area contributed by atoms with Crippen LogP contribution < -0.4 is 4.74 Å². The van der Waals surface area contributed by atoms with Crippen LogP contribution in [0.2, 0.25) is 0 Å². The molecule has 0 unspecified atom stereocenters. The highest BCUT2D eigenvalue weighted by molar-refractivity contribution is 9.09. The zero-order chi connectivity index (χ0) is 12.0. The fraction of sp³-hybridized carbons (Fsp3) is 0.273. The summed E-state index contributed by atoms with van der Waals surface area (Å²) in [6, 6.07) is 6.77. The number of esters is 2. The third-order valence-corrected chi connectivity index (χ3v) is 2.15. The molecule has 0 spiro atoms. The van der Waals surface area contributed by atoms with E-state index in [1.807, 2.05) is 0 Å². The molecule has 0 N–H and O–H groups in total. The molecule has 16 heavy (non-hydrogen) atoms. The number of ether oxygens (including phenoxy) is 2. The van der Waals surface area contributed by atoms with E-state index in [4.69, 9.17) is 9.47 Å². The van der Waals surface area contributed by atoms with Gasteiger partial charge in [-0.25, -0.2) is 0 Å². The zero-order valence-corrected chi connectivity index (χ0v) is 10.3. The van der Waals surface area contributed by atoms with Crippen LogP contribution in [0.25, 0.3) is 0 Å². The van der Waals surface area contributed by atoms with Crippen molar-refractivity contribution in [2.24, 2.45) is 0 Å². The maximum Gasteiger partial charge on any atom is 0.316 e. The molecule has 0 radical (unpaired) electrons. The highest BCUT2D eigenvalue weighted by Crippen LogP contribution is 2.13. The maximum atomic E-state index is 10.9. The minimum atomic E-state index is -0.363. The molecule has 0 fully saturated rings. The van der Waals surface area contributed by atoms with Gasteiger partial charge in [0.1, 0.15) is 17.7 Å². The number of rotatable bonds is 4. The molecule has 0 aliphatic heterocycles. The summed E-state index contributed by atoms with van der Waals surface area (Å²) in [5.74, 6) is -0.203. The lowest BCUT2D eigenvalue weighted by molar-refractivity contribution is -0.141. The molecule has 0 aliphatic carbocycles. The second-order valence-corrected chi connectivity index (χ2v) is 3.59. The van der Waals surface area contributed by atoms with Gasteiger partial charge in [0.15, 0.2) is 0 Å². The van der Waals surface area contributed by atoms with E-state index < -0.39 is 0 Å². The largest absolute Gasteiger partial charge is 0.460 e. The highest BCUT2D eigenvalue weighted by atomic mass is 79.9. The fourth-order valence-electron chi connectivity index (χ4n) is 1.02. The van der Waals surface area contributed by atoms with E-state index in [1.165, 1.54) is 6.92 Å². The van der Waals surface area contributed by atoms with E-state index in [0.29, 0.717) is 5.75 Å². The summed E-state index contributed by atoms with van der Waals surface area (Å²) in [6.45, 7) is 1.55. The molecule has 4 nitrogen and oxygen atoms in total. The minimum absolute atomic E-state index is 0.179. The predicted molar refractivity (Wildman–Crippen MR) is 61.3 cm³/mol. The Morgan fingerprint density at radius 3 is 2.38 bits per heavy atom. The summed E-state index contributed by atoms with van der Waals surface area (Å²) in [7, 11) is 0. The SMILES string of the molecule is CC(=O)Oc1ccc(COC(=O)CBr)cc1. The van der Waals surface area contributed by atoms with Crippen LogP contribution in [0.5, 0.6) is 5.75 Å². The third-order valence-electron chi connectivity index (χ3n) is 1.69. The molecule has 1 aromatic rings. The quantitative estimate of drug-likeness (QED) is 0.483. The molecule has 0 saturated carbocycles. The molecule has 0 amide bonds. The van der Waals surface area contributed by atoms with Crippen LogP contribution in [-0.2, 0) is 20.9 Å². The average molecular weight is 287 g/mol. The van der Waals surface area contributed by atoms with E-state index in [1.54, 1.807) is 24.3 Å². The minimum Gasteiger partial charge on any atom is -0.460 e. The van der Waals surface area contributed by atoms with Gasteiger partial charge in [-0.3, -0.25) is 9.59 Å². The topological polar surface area (TPSA) is 52.6 Å². The number of benzene rings is 1. The van der Waals surface area contributed by atoms with Crippen LogP contribution in [0.1, 0.15) is 12.5 Å². The maximum absolute atomic E-state index is 10.9. The first-order valence-corrected chi connectivity index (χ1v) is 5.73. The van der Waals surface area contributed by atoms with Crippen LogP contribution >= 0.6 is 15.9 Å². The predicted octanol–water partition coefficient (Wildman–Crippen LogP) is 2.05.